The van der Waals surface area contributed by atoms with Gasteiger partial charge in [0.2, 0.25) is 5.91 Å². The van der Waals surface area contributed by atoms with E-state index in [1.807, 2.05) is 20.8 Å². The summed E-state index contributed by atoms with van der Waals surface area (Å²) < 4.78 is 5.36. The molecule has 0 aliphatic carbocycles. The lowest BCUT2D eigenvalue weighted by Gasteiger charge is -2.33. The number of terminal acetylenes is 1. The van der Waals surface area contributed by atoms with Gasteiger partial charge in [0, 0.05) is 19.5 Å². The topological polar surface area (TPSA) is 58.6 Å². The van der Waals surface area contributed by atoms with E-state index in [9.17, 15) is 9.59 Å². The van der Waals surface area contributed by atoms with Gasteiger partial charge in [0.15, 0.2) is 0 Å². The van der Waals surface area contributed by atoms with Gasteiger partial charge in [-0.1, -0.05) is 5.92 Å². The Balaban J connectivity index is 2.44. The number of piperidine rings is 1. The molecule has 1 saturated heterocycles. The Hall–Kier alpha value is -1.70. The summed E-state index contributed by atoms with van der Waals surface area (Å²) in [4.78, 5) is 25.3. The van der Waals surface area contributed by atoms with Gasteiger partial charge < -0.3 is 15.0 Å². The van der Waals surface area contributed by atoms with Gasteiger partial charge in [-0.3, -0.25) is 4.79 Å². The van der Waals surface area contributed by atoms with Crippen molar-refractivity contribution in [3.63, 3.8) is 0 Å². The summed E-state index contributed by atoms with van der Waals surface area (Å²) in [5, 5.41) is 2.65. The lowest BCUT2D eigenvalue weighted by molar-refractivity contribution is -0.122. The van der Waals surface area contributed by atoms with Crippen LogP contribution in [0, 0.1) is 18.3 Å². The highest BCUT2D eigenvalue weighted by Gasteiger charge is 2.28. The summed E-state index contributed by atoms with van der Waals surface area (Å²) in [6.07, 6.45) is 7.04. The molecule has 5 heteroatoms. The predicted molar refractivity (Wildman–Crippen MR) is 77.0 cm³/mol. The molecule has 1 rings (SSSR count). The van der Waals surface area contributed by atoms with E-state index < -0.39 is 5.60 Å². The van der Waals surface area contributed by atoms with Crippen LogP contribution in [0.4, 0.5) is 4.79 Å². The molecule has 0 bridgehead atoms. The number of nitrogens with zero attached hydrogens (tertiary/aromatic N) is 1. The van der Waals surface area contributed by atoms with Crippen molar-refractivity contribution in [3.8, 4) is 12.3 Å². The van der Waals surface area contributed by atoms with Crippen molar-refractivity contribution in [1.82, 2.24) is 10.2 Å². The molecule has 2 amide bonds. The Morgan fingerprint density at radius 3 is 2.75 bits per heavy atom. The number of rotatable bonds is 3. The minimum Gasteiger partial charge on any atom is -0.444 e. The Morgan fingerprint density at radius 2 is 2.15 bits per heavy atom. The second-order valence-corrected chi connectivity index (χ2v) is 6.12. The predicted octanol–water partition coefficient (Wildman–Crippen LogP) is 1.77. The molecule has 1 unspecified atom stereocenters. The molecule has 1 N–H and O–H groups in total. The smallest absolute Gasteiger partial charge is 0.410 e. The minimum atomic E-state index is -0.492. The molecule has 20 heavy (non-hydrogen) atoms. The summed E-state index contributed by atoms with van der Waals surface area (Å²) >= 11 is 0. The number of hydrogen-bond acceptors (Lipinski definition) is 3. The van der Waals surface area contributed by atoms with Gasteiger partial charge in [-0.05, 0) is 39.5 Å². The Bertz CT molecular complexity index is 393. The molecule has 5 nitrogen and oxygen atoms in total. The van der Waals surface area contributed by atoms with E-state index in [0.717, 1.165) is 12.8 Å². The van der Waals surface area contributed by atoms with E-state index in [2.05, 4.69) is 11.2 Å². The van der Waals surface area contributed by atoms with E-state index in [4.69, 9.17) is 11.2 Å². The number of nitrogens with one attached hydrogen (secondary N) is 1. The second kappa shape index (κ2) is 7.18. The molecular weight excluding hydrogens is 256 g/mol. The monoisotopic (exact) mass is 280 g/mol. The zero-order valence-corrected chi connectivity index (χ0v) is 12.6. The lowest BCUT2D eigenvalue weighted by Crippen LogP contribution is -2.43. The standard InChI is InChI=1S/C15H24N2O3/c1-5-8-16-13(18)10-12-7-6-9-17(11-12)14(19)20-15(2,3)4/h1,12H,6-11H2,2-4H3,(H,16,18). The molecule has 0 spiro atoms. The molecule has 0 saturated carbocycles. The molecular formula is C15H24N2O3. The van der Waals surface area contributed by atoms with Crippen LogP contribution in [0.1, 0.15) is 40.0 Å². The second-order valence-electron chi connectivity index (χ2n) is 6.12. The first kappa shape index (κ1) is 16.4. The van der Waals surface area contributed by atoms with Crippen LogP contribution in [0.3, 0.4) is 0 Å². The molecule has 1 fully saturated rings. The fraction of sp³-hybridized carbons (Fsp3) is 0.733. The minimum absolute atomic E-state index is 0.0565. The van der Waals surface area contributed by atoms with Crippen molar-refractivity contribution in [2.45, 2.75) is 45.6 Å². The third kappa shape index (κ3) is 5.96. The molecule has 0 aromatic heterocycles. The average Bonchev–Trinajstić information content (AvgIpc) is 2.34. The maximum atomic E-state index is 12.0. The number of ether oxygens (including phenoxy) is 1. The van der Waals surface area contributed by atoms with E-state index in [1.165, 1.54) is 0 Å². The van der Waals surface area contributed by atoms with Crippen molar-refractivity contribution in [3.05, 3.63) is 0 Å². The van der Waals surface area contributed by atoms with Crippen LogP contribution in [0.2, 0.25) is 0 Å². The van der Waals surface area contributed by atoms with Crippen LogP contribution in [0.25, 0.3) is 0 Å². The molecule has 1 aliphatic rings. The average molecular weight is 280 g/mol. The van der Waals surface area contributed by atoms with Crippen LogP contribution in [0.15, 0.2) is 0 Å². The van der Waals surface area contributed by atoms with Gasteiger partial charge >= 0.3 is 6.09 Å². The van der Waals surface area contributed by atoms with Gasteiger partial charge in [0.25, 0.3) is 0 Å². The van der Waals surface area contributed by atoms with Crippen LogP contribution in [-0.2, 0) is 9.53 Å². The zero-order valence-electron chi connectivity index (χ0n) is 12.6. The van der Waals surface area contributed by atoms with E-state index in [1.54, 1.807) is 4.90 Å². The van der Waals surface area contributed by atoms with Crippen molar-refractivity contribution < 1.29 is 14.3 Å². The fourth-order valence-corrected chi connectivity index (χ4v) is 2.21. The van der Waals surface area contributed by atoms with E-state index in [0.29, 0.717) is 19.5 Å². The zero-order chi connectivity index (χ0) is 15.2. The van der Waals surface area contributed by atoms with Gasteiger partial charge in [-0.15, -0.1) is 6.42 Å². The Morgan fingerprint density at radius 1 is 1.45 bits per heavy atom. The third-order valence-corrected chi connectivity index (χ3v) is 3.03. The first-order valence-corrected chi connectivity index (χ1v) is 7.00. The fourth-order valence-electron chi connectivity index (χ4n) is 2.21. The van der Waals surface area contributed by atoms with Gasteiger partial charge in [0.05, 0.1) is 6.54 Å². The highest BCUT2D eigenvalue weighted by atomic mass is 16.6. The first-order chi connectivity index (χ1) is 9.31. The summed E-state index contributed by atoms with van der Waals surface area (Å²) in [5.41, 5.74) is -0.492. The summed E-state index contributed by atoms with van der Waals surface area (Å²) in [5.74, 6) is 2.49. The third-order valence-electron chi connectivity index (χ3n) is 3.03. The Kier molecular flexibility index (Phi) is 5.87. The van der Waals surface area contributed by atoms with E-state index >= 15 is 0 Å². The van der Waals surface area contributed by atoms with Crippen LogP contribution in [-0.4, -0.2) is 42.1 Å². The molecule has 1 atom stereocenters. The lowest BCUT2D eigenvalue weighted by atomic mass is 9.94. The van der Waals surface area contributed by atoms with Crippen LogP contribution >= 0.6 is 0 Å². The highest BCUT2D eigenvalue weighted by Crippen LogP contribution is 2.21. The maximum Gasteiger partial charge on any atom is 0.410 e. The van der Waals surface area contributed by atoms with Gasteiger partial charge in [-0.2, -0.15) is 0 Å². The molecule has 0 radical (unpaired) electrons. The number of amides is 2. The van der Waals surface area contributed by atoms with Crippen molar-refractivity contribution in [2.75, 3.05) is 19.6 Å². The molecule has 0 aromatic carbocycles. The van der Waals surface area contributed by atoms with Crippen molar-refractivity contribution in [1.29, 1.82) is 0 Å². The molecule has 0 aromatic rings. The van der Waals surface area contributed by atoms with Crippen molar-refractivity contribution in [2.24, 2.45) is 5.92 Å². The number of hydrogen-bond donors (Lipinski definition) is 1. The van der Waals surface area contributed by atoms with Crippen LogP contribution in [0.5, 0.6) is 0 Å². The number of carbonyl (C=O) groups is 2. The maximum absolute atomic E-state index is 12.0. The Labute approximate surface area is 121 Å². The molecule has 1 aliphatic heterocycles. The van der Waals surface area contributed by atoms with Gasteiger partial charge in [0.1, 0.15) is 5.60 Å². The number of likely N-dealkylation sites (tertiary alicyclic amines) is 1. The summed E-state index contributed by atoms with van der Waals surface area (Å²) in [7, 11) is 0. The number of carbonyl (C=O) groups excluding carboxylic acids is 2. The summed E-state index contributed by atoms with van der Waals surface area (Å²) in [6.45, 7) is 7.05. The summed E-state index contributed by atoms with van der Waals surface area (Å²) in [6, 6.07) is 0. The molecule has 112 valence electrons. The molecule has 1 heterocycles. The first-order valence-electron chi connectivity index (χ1n) is 7.00. The SMILES string of the molecule is C#CCNC(=O)CC1CCCN(C(=O)OC(C)(C)C)C1. The van der Waals surface area contributed by atoms with Crippen LogP contribution < -0.4 is 5.32 Å². The highest BCUT2D eigenvalue weighted by molar-refractivity contribution is 5.76. The largest absolute Gasteiger partial charge is 0.444 e. The quantitative estimate of drug-likeness (QED) is 0.802. The van der Waals surface area contributed by atoms with E-state index in [-0.39, 0.29) is 24.5 Å². The van der Waals surface area contributed by atoms with Crippen molar-refractivity contribution >= 4 is 12.0 Å². The van der Waals surface area contributed by atoms with Gasteiger partial charge in [-0.25, -0.2) is 4.79 Å². The normalized spacial score (nSPS) is 19.1.